The van der Waals surface area contributed by atoms with E-state index in [2.05, 4.69) is 31.6 Å². The van der Waals surface area contributed by atoms with Crippen molar-refractivity contribution in [3.63, 3.8) is 0 Å². The van der Waals surface area contributed by atoms with Gasteiger partial charge < -0.3 is 0 Å². The summed E-state index contributed by atoms with van der Waals surface area (Å²) < 4.78 is 0. The van der Waals surface area contributed by atoms with Gasteiger partial charge in [-0.3, -0.25) is 4.90 Å². The Hall–Kier alpha value is -0.480. The number of hydrogen-bond acceptors (Lipinski definition) is 1. The predicted molar refractivity (Wildman–Crippen MR) is 68.9 cm³/mol. The quantitative estimate of drug-likeness (QED) is 0.523. The lowest BCUT2D eigenvalue weighted by Gasteiger charge is -2.27. The molecule has 0 aliphatic rings. The van der Waals surface area contributed by atoms with E-state index >= 15 is 0 Å². The first kappa shape index (κ1) is 14.5. The Morgan fingerprint density at radius 1 is 1.00 bits per heavy atom. The number of nitrogens with zero attached hydrogens (tertiary/aromatic N) is 1. The van der Waals surface area contributed by atoms with E-state index < -0.39 is 0 Å². The molecule has 1 heteroatoms. The Bertz CT molecular complexity index is 161. The lowest BCUT2D eigenvalue weighted by atomic mass is 10.1. The fourth-order valence-corrected chi connectivity index (χ4v) is 1.79. The third kappa shape index (κ3) is 6.57. The molecule has 1 atom stereocenters. The van der Waals surface area contributed by atoms with Crippen LogP contribution >= 0.6 is 0 Å². The minimum absolute atomic E-state index is 0.369. The summed E-state index contributed by atoms with van der Waals surface area (Å²) >= 11 is 0. The predicted octanol–water partition coefficient (Wildman–Crippen LogP) is 3.69. The summed E-state index contributed by atoms with van der Waals surface area (Å²) in [5.41, 5.74) is 0. The van der Waals surface area contributed by atoms with Crippen LogP contribution in [0.4, 0.5) is 0 Å². The average molecular weight is 209 g/mol. The zero-order valence-electron chi connectivity index (χ0n) is 10.8. The summed E-state index contributed by atoms with van der Waals surface area (Å²) in [6.45, 7) is 9.03. The van der Waals surface area contributed by atoms with Gasteiger partial charge in [-0.15, -0.1) is 6.42 Å². The molecule has 0 N–H and O–H groups in total. The highest BCUT2D eigenvalue weighted by Crippen LogP contribution is 2.09. The van der Waals surface area contributed by atoms with Crippen LogP contribution < -0.4 is 0 Å². The summed E-state index contributed by atoms with van der Waals surface area (Å²) in [6, 6.07) is 0.369. The maximum atomic E-state index is 5.61. The Morgan fingerprint density at radius 3 is 1.87 bits per heavy atom. The van der Waals surface area contributed by atoms with Gasteiger partial charge in [0.05, 0.1) is 6.04 Å². The molecule has 1 nitrogen and oxygen atoms in total. The Kier molecular flexibility index (Phi) is 9.73. The van der Waals surface area contributed by atoms with Crippen molar-refractivity contribution >= 4 is 0 Å². The second-order valence-electron chi connectivity index (χ2n) is 4.21. The molecule has 88 valence electrons. The van der Waals surface area contributed by atoms with Gasteiger partial charge in [0, 0.05) is 0 Å². The molecule has 0 aromatic heterocycles. The van der Waals surface area contributed by atoms with Crippen LogP contribution in [0.5, 0.6) is 0 Å². The first-order valence-electron chi connectivity index (χ1n) is 6.50. The van der Waals surface area contributed by atoms with E-state index in [1.165, 1.54) is 45.2 Å². The van der Waals surface area contributed by atoms with Crippen molar-refractivity contribution in [1.29, 1.82) is 0 Å². The molecule has 0 saturated heterocycles. The van der Waals surface area contributed by atoms with Gasteiger partial charge in [0.25, 0.3) is 0 Å². The monoisotopic (exact) mass is 209 g/mol. The van der Waals surface area contributed by atoms with Crippen molar-refractivity contribution < 1.29 is 0 Å². The average Bonchev–Trinajstić information content (AvgIpc) is 2.27. The Balaban J connectivity index is 4.10. The molecule has 0 saturated carbocycles. The van der Waals surface area contributed by atoms with E-state index in [4.69, 9.17) is 6.42 Å². The minimum atomic E-state index is 0.369. The second-order valence-corrected chi connectivity index (χ2v) is 4.21. The number of hydrogen-bond donors (Lipinski definition) is 0. The van der Waals surface area contributed by atoms with E-state index in [1.807, 2.05) is 0 Å². The van der Waals surface area contributed by atoms with Crippen LogP contribution in [0.25, 0.3) is 0 Å². The molecule has 0 heterocycles. The van der Waals surface area contributed by atoms with E-state index in [9.17, 15) is 0 Å². The highest BCUT2D eigenvalue weighted by Gasteiger charge is 2.13. The van der Waals surface area contributed by atoms with Gasteiger partial charge in [0.1, 0.15) is 0 Å². The summed E-state index contributed by atoms with van der Waals surface area (Å²) in [5.74, 6) is 2.95. The maximum Gasteiger partial charge on any atom is 0.0711 e. The lowest BCUT2D eigenvalue weighted by Crippen LogP contribution is -2.35. The lowest BCUT2D eigenvalue weighted by molar-refractivity contribution is 0.219. The van der Waals surface area contributed by atoms with Crippen molar-refractivity contribution in [1.82, 2.24) is 4.90 Å². The molecule has 0 aromatic rings. The van der Waals surface area contributed by atoms with Crippen LogP contribution in [-0.4, -0.2) is 24.0 Å². The van der Waals surface area contributed by atoms with Crippen LogP contribution in [0.3, 0.4) is 0 Å². The first-order chi connectivity index (χ1) is 7.29. The zero-order valence-corrected chi connectivity index (χ0v) is 10.8. The van der Waals surface area contributed by atoms with E-state index in [0.29, 0.717) is 6.04 Å². The molecule has 0 fully saturated rings. The van der Waals surface area contributed by atoms with Crippen molar-refractivity contribution in [2.75, 3.05) is 13.1 Å². The molecule has 0 amide bonds. The fraction of sp³-hybridized carbons (Fsp3) is 0.857. The molecule has 0 aliphatic heterocycles. The van der Waals surface area contributed by atoms with Crippen LogP contribution in [0, 0.1) is 12.3 Å². The molecule has 0 aliphatic carbocycles. The van der Waals surface area contributed by atoms with Gasteiger partial charge in [-0.2, -0.15) is 0 Å². The number of rotatable bonds is 9. The van der Waals surface area contributed by atoms with Gasteiger partial charge in [0.2, 0.25) is 0 Å². The molecular weight excluding hydrogens is 182 g/mol. The fourth-order valence-electron chi connectivity index (χ4n) is 1.79. The van der Waals surface area contributed by atoms with Crippen molar-refractivity contribution in [3.8, 4) is 12.3 Å². The minimum Gasteiger partial charge on any atom is -0.290 e. The number of terminal acetylenes is 1. The van der Waals surface area contributed by atoms with Gasteiger partial charge in [0.15, 0.2) is 0 Å². The molecule has 0 aromatic carbocycles. The van der Waals surface area contributed by atoms with E-state index in [0.717, 1.165) is 6.42 Å². The summed E-state index contributed by atoms with van der Waals surface area (Å²) in [6.07, 6.45) is 13.0. The highest BCUT2D eigenvalue weighted by atomic mass is 15.1. The normalized spacial score (nSPS) is 12.7. The Morgan fingerprint density at radius 2 is 1.53 bits per heavy atom. The largest absolute Gasteiger partial charge is 0.290 e. The van der Waals surface area contributed by atoms with Crippen molar-refractivity contribution in [3.05, 3.63) is 0 Å². The SMILES string of the molecule is C#CC(CCC)N(CCCC)CCCC. The maximum absolute atomic E-state index is 5.61. The number of unbranched alkanes of at least 4 members (excludes halogenated alkanes) is 2. The van der Waals surface area contributed by atoms with E-state index in [1.54, 1.807) is 0 Å². The smallest absolute Gasteiger partial charge is 0.0711 e. The Labute approximate surface area is 96.2 Å². The topological polar surface area (TPSA) is 3.24 Å². The molecule has 0 radical (unpaired) electrons. The van der Waals surface area contributed by atoms with Gasteiger partial charge in [-0.1, -0.05) is 46.0 Å². The molecule has 0 bridgehead atoms. The van der Waals surface area contributed by atoms with Gasteiger partial charge in [-0.05, 0) is 32.4 Å². The molecule has 15 heavy (non-hydrogen) atoms. The van der Waals surface area contributed by atoms with Crippen molar-refractivity contribution in [2.24, 2.45) is 0 Å². The van der Waals surface area contributed by atoms with Crippen LogP contribution in [-0.2, 0) is 0 Å². The van der Waals surface area contributed by atoms with Crippen LogP contribution in [0.1, 0.15) is 59.3 Å². The molecule has 0 spiro atoms. The van der Waals surface area contributed by atoms with Gasteiger partial charge in [-0.25, -0.2) is 0 Å². The zero-order chi connectivity index (χ0) is 11.5. The second kappa shape index (κ2) is 10.1. The molecule has 1 unspecified atom stereocenters. The van der Waals surface area contributed by atoms with Crippen LogP contribution in [0.2, 0.25) is 0 Å². The summed E-state index contributed by atoms with van der Waals surface area (Å²) in [5, 5.41) is 0. The highest BCUT2D eigenvalue weighted by molar-refractivity contribution is 4.99. The van der Waals surface area contributed by atoms with Gasteiger partial charge >= 0.3 is 0 Å². The third-order valence-corrected chi connectivity index (χ3v) is 2.79. The molecule has 0 rings (SSSR count). The summed E-state index contributed by atoms with van der Waals surface area (Å²) in [4.78, 5) is 2.50. The first-order valence-corrected chi connectivity index (χ1v) is 6.50. The molecular formula is C14H27N. The van der Waals surface area contributed by atoms with Crippen molar-refractivity contribution in [2.45, 2.75) is 65.3 Å². The van der Waals surface area contributed by atoms with Crippen LogP contribution in [0.15, 0.2) is 0 Å². The standard InChI is InChI=1S/C14H27N/c1-5-9-12-15(13-10-6-2)14(8-4)11-7-3/h4,14H,5-7,9-13H2,1-3H3. The van der Waals surface area contributed by atoms with E-state index in [-0.39, 0.29) is 0 Å². The summed E-state index contributed by atoms with van der Waals surface area (Å²) in [7, 11) is 0. The third-order valence-electron chi connectivity index (χ3n) is 2.79.